The predicted octanol–water partition coefficient (Wildman–Crippen LogP) is 3.29. The SMILES string of the molecule is CCOC(=O)N1CCCC(C(=O)Nc2cccc(Cl)c2F)C1. The van der Waals surface area contributed by atoms with E-state index in [4.69, 9.17) is 16.3 Å². The molecule has 2 amide bonds. The van der Waals surface area contributed by atoms with E-state index in [0.29, 0.717) is 26.0 Å². The zero-order chi connectivity index (χ0) is 16.1. The van der Waals surface area contributed by atoms with Gasteiger partial charge in [-0.3, -0.25) is 4.79 Å². The van der Waals surface area contributed by atoms with Crippen LogP contribution in [0.5, 0.6) is 0 Å². The molecule has 1 aromatic carbocycles. The van der Waals surface area contributed by atoms with Gasteiger partial charge in [-0.05, 0) is 31.9 Å². The van der Waals surface area contributed by atoms with Gasteiger partial charge < -0.3 is 15.0 Å². The van der Waals surface area contributed by atoms with Crippen LogP contribution in [0.4, 0.5) is 14.9 Å². The first kappa shape index (κ1) is 16.5. The van der Waals surface area contributed by atoms with Crippen LogP contribution in [0.3, 0.4) is 0 Å². The molecule has 0 radical (unpaired) electrons. The first-order valence-electron chi connectivity index (χ1n) is 7.19. The Morgan fingerprint density at radius 2 is 2.27 bits per heavy atom. The molecule has 1 aromatic rings. The summed E-state index contributed by atoms with van der Waals surface area (Å²) in [6, 6.07) is 4.42. The van der Waals surface area contributed by atoms with E-state index in [2.05, 4.69) is 5.32 Å². The standard InChI is InChI=1S/C15H18ClFN2O3/c1-2-22-15(21)19-8-4-5-10(9-19)14(20)18-12-7-3-6-11(16)13(12)17/h3,6-7,10H,2,4-5,8-9H2,1H3,(H,18,20). The molecule has 1 saturated heterocycles. The maximum atomic E-state index is 13.8. The molecule has 1 aliphatic heterocycles. The fourth-order valence-electron chi connectivity index (χ4n) is 2.41. The van der Waals surface area contributed by atoms with Crippen LogP contribution >= 0.6 is 11.6 Å². The molecule has 0 saturated carbocycles. The lowest BCUT2D eigenvalue weighted by Gasteiger charge is -2.31. The molecule has 7 heteroatoms. The molecule has 22 heavy (non-hydrogen) atoms. The zero-order valence-corrected chi connectivity index (χ0v) is 13.0. The normalized spacial score (nSPS) is 18.0. The second-order valence-corrected chi connectivity index (χ2v) is 5.48. The van der Waals surface area contributed by atoms with Crippen molar-refractivity contribution in [2.75, 3.05) is 25.0 Å². The number of nitrogens with zero attached hydrogens (tertiary/aromatic N) is 1. The van der Waals surface area contributed by atoms with Crippen molar-refractivity contribution >= 4 is 29.3 Å². The number of likely N-dealkylation sites (tertiary alicyclic amines) is 1. The van der Waals surface area contributed by atoms with E-state index in [-0.39, 0.29) is 23.2 Å². The van der Waals surface area contributed by atoms with Crippen molar-refractivity contribution in [1.82, 2.24) is 4.90 Å². The van der Waals surface area contributed by atoms with Gasteiger partial charge in [-0.15, -0.1) is 0 Å². The number of hydrogen-bond acceptors (Lipinski definition) is 3. The van der Waals surface area contributed by atoms with Gasteiger partial charge in [-0.2, -0.15) is 0 Å². The number of carbonyl (C=O) groups is 2. The largest absolute Gasteiger partial charge is 0.450 e. The van der Waals surface area contributed by atoms with Crippen LogP contribution < -0.4 is 5.32 Å². The molecule has 120 valence electrons. The monoisotopic (exact) mass is 328 g/mol. The number of amides is 2. The molecule has 1 heterocycles. The van der Waals surface area contributed by atoms with Crippen LogP contribution in [0.1, 0.15) is 19.8 Å². The summed E-state index contributed by atoms with van der Waals surface area (Å²) in [5.74, 6) is -1.37. The number of nitrogens with one attached hydrogen (secondary N) is 1. The second-order valence-electron chi connectivity index (χ2n) is 5.07. The van der Waals surface area contributed by atoms with E-state index in [0.717, 1.165) is 0 Å². The van der Waals surface area contributed by atoms with Crippen molar-refractivity contribution in [3.05, 3.63) is 29.0 Å². The Kier molecular flexibility index (Phi) is 5.60. The fourth-order valence-corrected chi connectivity index (χ4v) is 2.58. The molecule has 2 rings (SSSR count). The van der Waals surface area contributed by atoms with Crippen LogP contribution in [-0.2, 0) is 9.53 Å². The number of rotatable bonds is 3. The van der Waals surface area contributed by atoms with Crippen LogP contribution in [0, 0.1) is 11.7 Å². The average Bonchev–Trinajstić information content (AvgIpc) is 2.52. The summed E-state index contributed by atoms with van der Waals surface area (Å²) in [5, 5.41) is 2.49. The van der Waals surface area contributed by atoms with Gasteiger partial charge in [-0.1, -0.05) is 17.7 Å². The van der Waals surface area contributed by atoms with Gasteiger partial charge in [0, 0.05) is 13.1 Å². The summed E-state index contributed by atoms with van der Waals surface area (Å²) >= 11 is 5.69. The molecule has 1 aliphatic rings. The molecule has 1 N–H and O–H groups in total. The van der Waals surface area contributed by atoms with Crippen LogP contribution in [0.25, 0.3) is 0 Å². The number of carbonyl (C=O) groups excluding carboxylic acids is 2. The minimum Gasteiger partial charge on any atom is -0.450 e. The van der Waals surface area contributed by atoms with Crippen molar-refractivity contribution in [1.29, 1.82) is 0 Å². The molecule has 1 atom stereocenters. The lowest BCUT2D eigenvalue weighted by Crippen LogP contribution is -2.44. The lowest BCUT2D eigenvalue weighted by atomic mass is 9.97. The van der Waals surface area contributed by atoms with Crippen molar-refractivity contribution in [2.24, 2.45) is 5.92 Å². The zero-order valence-electron chi connectivity index (χ0n) is 12.3. The van der Waals surface area contributed by atoms with Crippen molar-refractivity contribution in [2.45, 2.75) is 19.8 Å². The van der Waals surface area contributed by atoms with Gasteiger partial charge in [0.1, 0.15) is 0 Å². The van der Waals surface area contributed by atoms with E-state index in [1.165, 1.54) is 17.0 Å². The third-order valence-corrected chi connectivity index (χ3v) is 3.82. The maximum absolute atomic E-state index is 13.8. The minimum atomic E-state index is -0.657. The first-order valence-corrected chi connectivity index (χ1v) is 7.57. The number of halogens is 2. The topological polar surface area (TPSA) is 58.6 Å². The highest BCUT2D eigenvalue weighted by Crippen LogP contribution is 2.24. The molecule has 0 aliphatic carbocycles. The van der Waals surface area contributed by atoms with E-state index < -0.39 is 17.8 Å². The molecular weight excluding hydrogens is 311 g/mol. The second kappa shape index (κ2) is 7.45. The van der Waals surface area contributed by atoms with E-state index >= 15 is 0 Å². The maximum Gasteiger partial charge on any atom is 0.409 e. The lowest BCUT2D eigenvalue weighted by molar-refractivity contribution is -0.121. The highest BCUT2D eigenvalue weighted by Gasteiger charge is 2.29. The molecule has 1 fully saturated rings. The van der Waals surface area contributed by atoms with Gasteiger partial charge in [0.25, 0.3) is 0 Å². The van der Waals surface area contributed by atoms with Crippen LogP contribution in [-0.4, -0.2) is 36.6 Å². The Balaban J connectivity index is 2.00. The summed E-state index contributed by atoms with van der Waals surface area (Å²) < 4.78 is 18.7. The van der Waals surface area contributed by atoms with Gasteiger partial charge in [0.15, 0.2) is 5.82 Å². The van der Waals surface area contributed by atoms with Crippen molar-refractivity contribution in [3.63, 3.8) is 0 Å². The molecular formula is C15H18ClFN2O3. The fraction of sp³-hybridized carbons (Fsp3) is 0.467. The molecule has 0 spiro atoms. The number of piperidine rings is 1. The summed E-state index contributed by atoms with van der Waals surface area (Å²) in [7, 11) is 0. The van der Waals surface area contributed by atoms with Gasteiger partial charge in [0.2, 0.25) is 5.91 Å². The van der Waals surface area contributed by atoms with E-state index in [1.807, 2.05) is 0 Å². The van der Waals surface area contributed by atoms with Gasteiger partial charge >= 0.3 is 6.09 Å². The third-order valence-electron chi connectivity index (χ3n) is 3.53. The average molecular weight is 329 g/mol. The summed E-state index contributed by atoms with van der Waals surface area (Å²) in [6.07, 6.45) is 0.924. The summed E-state index contributed by atoms with van der Waals surface area (Å²) in [5.41, 5.74) is 0.0470. The highest BCUT2D eigenvalue weighted by molar-refractivity contribution is 6.31. The number of ether oxygens (including phenoxy) is 1. The number of benzene rings is 1. The first-order chi connectivity index (χ1) is 10.5. The highest BCUT2D eigenvalue weighted by atomic mass is 35.5. The quantitative estimate of drug-likeness (QED) is 0.926. The Hall–Kier alpha value is -1.82. The summed E-state index contributed by atoms with van der Waals surface area (Å²) in [6.45, 7) is 2.86. The van der Waals surface area contributed by atoms with Gasteiger partial charge in [0.05, 0.1) is 23.2 Å². The van der Waals surface area contributed by atoms with Crippen LogP contribution in [0.2, 0.25) is 5.02 Å². The molecule has 1 unspecified atom stereocenters. The van der Waals surface area contributed by atoms with Crippen LogP contribution in [0.15, 0.2) is 18.2 Å². The Morgan fingerprint density at radius 1 is 1.50 bits per heavy atom. The third kappa shape index (κ3) is 3.88. The van der Waals surface area contributed by atoms with Gasteiger partial charge in [-0.25, -0.2) is 9.18 Å². The summed E-state index contributed by atoms with van der Waals surface area (Å²) in [4.78, 5) is 25.5. The minimum absolute atomic E-state index is 0.0467. The molecule has 0 aromatic heterocycles. The number of hydrogen-bond donors (Lipinski definition) is 1. The Morgan fingerprint density at radius 3 is 3.00 bits per heavy atom. The van der Waals surface area contributed by atoms with Crippen molar-refractivity contribution < 1.29 is 18.7 Å². The Labute approximate surface area is 133 Å². The van der Waals surface area contributed by atoms with E-state index in [9.17, 15) is 14.0 Å². The molecule has 0 bridgehead atoms. The number of anilines is 1. The molecule has 5 nitrogen and oxygen atoms in total. The predicted molar refractivity (Wildman–Crippen MR) is 81.4 cm³/mol. The van der Waals surface area contributed by atoms with Crippen molar-refractivity contribution in [3.8, 4) is 0 Å². The smallest absolute Gasteiger partial charge is 0.409 e. The van der Waals surface area contributed by atoms with E-state index in [1.54, 1.807) is 13.0 Å². The Bertz CT molecular complexity index is 568.